The van der Waals surface area contributed by atoms with Gasteiger partial charge >= 0.3 is 0 Å². The number of nitrogens with zero attached hydrogens (tertiary/aromatic N) is 2. The fraction of sp³-hybridized carbons (Fsp3) is 0.333. The molecule has 3 N–H and O–H groups in total. The number of hydrogen-bond donors (Lipinski definition) is 3. The SMILES string of the molecule is Cc1ccc(F)cc1CNC(=O)c1cc2c(s1)CCN(C(=O)[C@H](NC(=O)c1ccc3[nH]ncc3c1)C(C)(C)C)C2. The molecule has 10 heteroatoms. The van der Waals surface area contributed by atoms with E-state index in [1.807, 2.05) is 33.8 Å². The maximum atomic E-state index is 13.7. The number of aromatic nitrogens is 2. The Kier molecular flexibility index (Phi) is 7.46. The van der Waals surface area contributed by atoms with Gasteiger partial charge < -0.3 is 15.5 Å². The number of H-pyrrole nitrogens is 1. The molecule has 0 bridgehead atoms. The number of carbonyl (C=O) groups excluding carboxylic acids is 3. The molecule has 4 aromatic rings. The number of aryl methyl sites for hydroxylation is 1. The Balaban J connectivity index is 1.26. The molecule has 3 amide bonds. The molecule has 1 aliphatic rings. The number of benzene rings is 2. The molecule has 0 saturated heterocycles. The van der Waals surface area contributed by atoms with Crippen LogP contribution in [0.15, 0.2) is 48.7 Å². The lowest BCUT2D eigenvalue weighted by molar-refractivity contribution is -0.136. The number of fused-ring (bicyclic) bond motifs is 2. The van der Waals surface area contributed by atoms with Crippen molar-refractivity contribution in [1.82, 2.24) is 25.7 Å². The first-order valence-electron chi connectivity index (χ1n) is 13.2. The number of amides is 3. The summed E-state index contributed by atoms with van der Waals surface area (Å²) in [6.45, 7) is 8.76. The van der Waals surface area contributed by atoms with Gasteiger partial charge in [-0.2, -0.15) is 5.10 Å². The highest BCUT2D eigenvalue weighted by molar-refractivity contribution is 7.14. The van der Waals surface area contributed by atoms with Gasteiger partial charge in [0, 0.05) is 35.5 Å². The Bertz CT molecular complexity index is 1600. The normalized spacial score (nSPS) is 14.1. The lowest BCUT2D eigenvalue weighted by atomic mass is 9.85. The fourth-order valence-corrected chi connectivity index (χ4v) is 5.94. The van der Waals surface area contributed by atoms with Crippen molar-refractivity contribution in [3.8, 4) is 0 Å². The third kappa shape index (κ3) is 5.77. The molecular formula is C30H32FN5O3S. The molecule has 1 atom stereocenters. The number of nitrogens with one attached hydrogen (secondary N) is 3. The first kappa shape index (κ1) is 27.5. The number of carbonyl (C=O) groups is 3. The highest BCUT2D eigenvalue weighted by atomic mass is 32.1. The van der Waals surface area contributed by atoms with Crippen molar-refractivity contribution in [2.24, 2.45) is 5.41 Å². The average molecular weight is 562 g/mol. The van der Waals surface area contributed by atoms with E-state index in [1.165, 1.54) is 23.5 Å². The van der Waals surface area contributed by atoms with Crippen molar-refractivity contribution in [3.63, 3.8) is 0 Å². The number of thiophene rings is 1. The highest BCUT2D eigenvalue weighted by Gasteiger charge is 2.37. The summed E-state index contributed by atoms with van der Waals surface area (Å²) >= 11 is 1.42. The molecule has 0 saturated carbocycles. The second-order valence-corrected chi connectivity index (χ2v) is 12.4. The molecule has 1 aliphatic heterocycles. The van der Waals surface area contributed by atoms with Gasteiger partial charge in [-0.25, -0.2) is 4.39 Å². The zero-order valence-electron chi connectivity index (χ0n) is 22.9. The van der Waals surface area contributed by atoms with Crippen LogP contribution in [-0.4, -0.2) is 45.4 Å². The van der Waals surface area contributed by atoms with E-state index in [-0.39, 0.29) is 30.1 Å². The van der Waals surface area contributed by atoms with Gasteiger partial charge in [-0.3, -0.25) is 19.5 Å². The van der Waals surface area contributed by atoms with Crippen LogP contribution >= 0.6 is 11.3 Å². The smallest absolute Gasteiger partial charge is 0.261 e. The van der Waals surface area contributed by atoms with Gasteiger partial charge in [0.15, 0.2) is 0 Å². The topological polar surface area (TPSA) is 107 Å². The van der Waals surface area contributed by atoms with Crippen LogP contribution in [0.4, 0.5) is 4.39 Å². The van der Waals surface area contributed by atoms with Crippen LogP contribution in [0.2, 0.25) is 0 Å². The Morgan fingerprint density at radius 1 is 1.12 bits per heavy atom. The van der Waals surface area contributed by atoms with Crippen molar-refractivity contribution in [3.05, 3.63) is 86.5 Å². The summed E-state index contributed by atoms with van der Waals surface area (Å²) in [6, 6.07) is 10.9. The molecule has 0 radical (unpaired) electrons. The zero-order chi connectivity index (χ0) is 28.6. The molecule has 0 unspecified atom stereocenters. The minimum Gasteiger partial charge on any atom is -0.347 e. The van der Waals surface area contributed by atoms with Crippen LogP contribution in [-0.2, 0) is 24.3 Å². The summed E-state index contributed by atoms with van der Waals surface area (Å²) in [5.74, 6) is -1.04. The molecular weight excluding hydrogens is 529 g/mol. The van der Waals surface area contributed by atoms with E-state index in [2.05, 4.69) is 20.8 Å². The van der Waals surface area contributed by atoms with E-state index in [4.69, 9.17) is 0 Å². The molecule has 0 spiro atoms. The predicted octanol–water partition coefficient (Wildman–Crippen LogP) is 4.73. The lowest BCUT2D eigenvalue weighted by Gasteiger charge is -2.36. The quantitative estimate of drug-likeness (QED) is 0.316. The molecule has 3 heterocycles. The fourth-order valence-electron chi connectivity index (χ4n) is 4.86. The molecule has 40 heavy (non-hydrogen) atoms. The third-order valence-corrected chi connectivity index (χ3v) is 8.48. The first-order chi connectivity index (χ1) is 19.0. The van der Waals surface area contributed by atoms with Gasteiger partial charge in [0.1, 0.15) is 11.9 Å². The van der Waals surface area contributed by atoms with Gasteiger partial charge in [-0.05, 0) is 71.8 Å². The summed E-state index contributed by atoms with van der Waals surface area (Å²) in [5.41, 5.74) is 3.33. The zero-order valence-corrected chi connectivity index (χ0v) is 23.7. The molecule has 8 nitrogen and oxygen atoms in total. The molecule has 0 fully saturated rings. The van der Waals surface area contributed by atoms with Gasteiger partial charge in [0.25, 0.3) is 11.8 Å². The first-order valence-corrected chi connectivity index (χ1v) is 14.0. The van der Waals surface area contributed by atoms with Gasteiger partial charge in [-0.1, -0.05) is 26.8 Å². The molecule has 0 aliphatic carbocycles. The lowest BCUT2D eigenvalue weighted by Crippen LogP contribution is -2.55. The second kappa shape index (κ2) is 10.8. The van der Waals surface area contributed by atoms with Crippen LogP contribution < -0.4 is 10.6 Å². The van der Waals surface area contributed by atoms with Crippen molar-refractivity contribution >= 4 is 40.0 Å². The van der Waals surface area contributed by atoms with Gasteiger partial charge in [-0.15, -0.1) is 11.3 Å². The van der Waals surface area contributed by atoms with Gasteiger partial charge in [0.05, 0.1) is 16.6 Å². The maximum absolute atomic E-state index is 13.7. The number of rotatable bonds is 6. The van der Waals surface area contributed by atoms with Crippen molar-refractivity contribution in [2.45, 2.75) is 53.2 Å². The highest BCUT2D eigenvalue weighted by Crippen LogP contribution is 2.30. The van der Waals surface area contributed by atoms with E-state index < -0.39 is 11.5 Å². The summed E-state index contributed by atoms with van der Waals surface area (Å²) in [5, 5.41) is 13.5. The van der Waals surface area contributed by atoms with Gasteiger partial charge in [0.2, 0.25) is 5.91 Å². The number of aromatic amines is 1. The maximum Gasteiger partial charge on any atom is 0.261 e. The van der Waals surface area contributed by atoms with E-state index >= 15 is 0 Å². The number of halogens is 1. The Morgan fingerprint density at radius 2 is 1.93 bits per heavy atom. The van der Waals surface area contributed by atoms with Crippen LogP contribution in [0.5, 0.6) is 0 Å². The predicted molar refractivity (Wildman–Crippen MR) is 153 cm³/mol. The largest absolute Gasteiger partial charge is 0.347 e. The monoisotopic (exact) mass is 561 g/mol. The molecule has 2 aromatic heterocycles. The van der Waals surface area contributed by atoms with Crippen LogP contribution in [0.1, 0.15) is 62.4 Å². The molecule has 2 aromatic carbocycles. The van der Waals surface area contributed by atoms with E-state index in [0.717, 1.165) is 32.5 Å². The van der Waals surface area contributed by atoms with Crippen molar-refractivity contribution < 1.29 is 18.8 Å². The summed E-state index contributed by atoms with van der Waals surface area (Å²) in [4.78, 5) is 43.2. The second-order valence-electron chi connectivity index (χ2n) is 11.3. The Labute approximate surface area is 236 Å². The van der Waals surface area contributed by atoms with Crippen molar-refractivity contribution in [2.75, 3.05) is 6.54 Å². The van der Waals surface area contributed by atoms with Crippen molar-refractivity contribution in [1.29, 1.82) is 0 Å². The van der Waals surface area contributed by atoms with Crippen LogP contribution in [0.3, 0.4) is 0 Å². The summed E-state index contributed by atoms with van der Waals surface area (Å²) in [6.07, 6.45) is 2.28. The average Bonchev–Trinajstić information content (AvgIpc) is 3.57. The van der Waals surface area contributed by atoms with Crippen LogP contribution in [0, 0.1) is 18.2 Å². The summed E-state index contributed by atoms with van der Waals surface area (Å²) < 4.78 is 13.6. The van der Waals surface area contributed by atoms with Crippen LogP contribution in [0.25, 0.3) is 10.9 Å². The Hall–Kier alpha value is -4.05. The molecule has 208 valence electrons. The van der Waals surface area contributed by atoms with E-state index in [0.29, 0.717) is 30.0 Å². The number of hydrogen-bond acceptors (Lipinski definition) is 5. The molecule has 5 rings (SSSR count). The minimum absolute atomic E-state index is 0.158. The summed E-state index contributed by atoms with van der Waals surface area (Å²) in [7, 11) is 0. The minimum atomic E-state index is -0.738. The standard InChI is InChI=1S/C30H32FN5O3S/c1-17-5-7-22(31)12-19(17)14-32-28(38)25-13-21-16-36(10-9-24(21)40-25)29(39)26(30(2,3)4)34-27(37)18-6-8-23-20(11-18)15-33-35-23/h5-8,11-13,15,26H,9-10,14,16H2,1-4H3,(H,32,38)(H,33,35)(H,34,37)/t26-/m0/s1. The van der Waals surface area contributed by atoms with E-state index in [1.54, 1.807) is 35.4 Å². The Morgan fingerprint density at radius 3 is 2.70 bits per heavy atom. The third-order valence-electron chi connectivity index (χ3n) is 7.24. The van der Waals surface area contributed by atoms with E-state index in [9.17, 15) is 18.8 Å².